The summed E-state index contributed by atoms with van der Waals surface area (Å²) in [6.07, 6.45) is 2.11. The number of hydrogen-bond donors (Lipinski definition) is 0. The Morgan fingerprint density at radius 2 is 1.80 bits per heavy atom. The lowest BCUT2D eigenvalue weighted by Crippen LogP contribution is -1.95. The lowest BCUT2D eigenvalue weighted by molar-refractivity contribution is 0.422. The van der Waals surface area contributed by atoms with Gasteiger partial charge in [0.15, 0.2) is 11.5 Å². The van der Waals surface area contributed by atoms with Crippen LogP contribution < -0.4 is 0 Å². The molecular formula is C18H12F2N4O. The first-order valence-corrected chi connectivity index (χ1v) is 7.56. The first-order chi connectivity index (χ1) is 12.2. The Balaban J connectivity index is 1.55. The van der Waals surface area contributed by atoms with E-state index in [4.69, 9.17) is 4.52 Å². The van der Waals surface area contributed by atoms with E-state index in [0.717, 1.165) is 5.56 Å². The van der Waals surface area contributed by atoms with Gasteiger partial charge in [-0.1, -0.05) is 23.4 Å². The molecule has 0 aliphatic carbocycles. The van der Waals surface area contributed by atoms with Gasteiger partial charge in [-0.25, -0.2) is 13.5 Å². The molecule has 5 nitrogen and oxygen atoms in total. The van der Waals surface area contributed by atoms with Crippen LogP contribution in [0.5, 0.6) is 0 Å². The largest absolute Gasteiger partial charge is 0.332 e. The normalized spacial score (nSPS) is 11.0. The molecule has 124 valence electrons. The van der Waals surface area contributed by atoms with Gasteiger partial charge in [-0.3, -0.25) is 0 Å². The van der Waals surface area contributed by atoms with Crippen LogP contribution in [0, 0.1) is 11.6 Å². The van der Waals surface area contributed by atoms with Crippen molar-refractivity contribution in [2.75, 3.05) is 0 Å². The molecule has 0 amide bonds. The van der Waals surface area contributed by atoms with Crippen LogP contribution in [0.4, 0.5) is 8.78 Å². The van der Waals surface area contributed by atoms with Crippen molar-refractivity contribution in [3.8, 4) is 17.3 Å². The van der Waals surface area contributed by atoms with E-state index in [1.54, 1.807) is 36.5 Å². The molecule has 0 unspecified atom stereocenters. The third-order valence-corrected chi connectivity index (χ3v) is 3.62. The van der Waals surface area contributed by atoms with Crippen LogP contribution in [0.3, 0.4) is 0 Å². The third-order valence-electron chi connectivity index (χ3n) is 3.62. The smallest absolute Gasteiger partial charge is 0.278 e. The van der Waals surface area contributed by atoms with E-state index in [-0.39, 0.29) is 17.5 Å². The fourth-order valence-corrected chi connectivity index (χ4v) is 2.42. The molecule has 0 fully saturated rings. The quantitative estimate of drug-likeness (QED) is 0.568. The highest BCUT2D eigenvalue weighted by molar-refractivity contribution is 5.47. The lowest BCUT2D eigenvalue weighted by atomic mass is 10.1. The zero-order valence-corrected chi connectivity index (χ0v) is 12.9. The van der Waals surface area contributed by atoms with Gasteiger partial charge >= 0.3 is 0 Å². The topological polar surface area (TPSA) is 56.7 Å². The molecule has 7 heteroatoms. The van der Waals surface area contributed by atoms with Gasteiger partial charge in [-0.2, -0.15) is 10.1 Å². The van der Waals surface area contributed by atoms with E-state index < -0.39 is 0 Å². The van der Waals surface area contributed by atoms with E-state index >= 15 is 0 Å². The van der Waals surface area contributed by atoms with Crippen molar-refractivity contribution in [3.05, 3.63) is 83.8 Å². The number of rotatable bonds is 4. The molecule has 2 heterocycles. The summed E-state index contributed by atoms with van der Waals surface area (Å²) in [4.78, 5) is 4.30. The minimum atomic E-state index is -0.339. The van der Waals surface area contributed by atoms with Gasteiger partial charge in [0.2, 0.25) is 0 Å². The summed E-state index contributed by atoms with van der Waals surface area (Å²) in [6, 6.07) is 13.9. The molecule has 0 aliphatic heterocycles. The van der Waals surface area contributed by atoms with Crippen LogP contribution in [0.25, 0.3) is 17.3 Å². The zero-order chi connectivity index (χ0) is 17.2. The summed E-state index contributed by atoms with van der Waals surface area (Å²) in [5.41, 5.74) is 1.96. The predicted molar refractivity (Wildman–Crippen MR) is 86.0 cm³/mol. The van der Waals surface area contributed by atoms with E-state index in [9.17, 15) is 8.78 Å². The van der Waals surface area contributed by atoms with Gasteiger partial charge in [-0.15, -0.1) is 0 Å². The van der Waals surface area contributed by atoms with Crippen LogP contribution in [0.1, 0.15) is 11.4 Å². The molecular weight excluding hydrogens is 326 g/mol. The lowest BCUT2D eigenvalue weighted by Gasteiger charge is -1.99. The Morgan fingerprint density at radius 3 is 2.60 bits per heavy atom. The number of hydrogen-bond acceptors (Lipinski definition) is 4. The Kier molecular flexibility index (Phi) is 3.81. The standard InChI is InChI=1S/C18H12F2N4O/c19-13-6-4-12(5-7-13)10-17-21-18(25-23-17)16-8-9-24(22-16)15-3-1-2-14(20)11-15/h1-9,11H,10H2. The number of halogens is 2. The fourth-order valence-electron chi connectivity index (χ4n) is 2.42. The van der Waals surface area contributed by atoms with Gasteiger partial charge in [0.25, 0.3) is 5.89 Å². The highest BCUT2D eigenvalue weighted by atomic mass is 19.1. The van der Waals surface area contributed by atoms with Crippen molar-refractivity contribution in [3.63, 3.8) is 0 Å². The van der Waals surface area contributed by atoms with Gasteiger partial charge < -0.3 is 4.52 Å². The third kappa shape index (κ3) is 3.30. The maximum Gasteiger partial charge on any atom is 0.278 e. The second-order valence-electron chi connectivity index (χ2n) is 5.44. The maximum atomic E-state index is 13.3. The fraction of sp³-hybridized carbons (Fsp3) is 0.0556. The molecule has 0 radical (unpaired) electrons. The van der Waals surface area contributed by atoms with Crippen molar-refractivity contribution in [1.29, 1.82) is 0 Å². The Bertz CT molecular complexity index is 1010. The van der Waals surface area contributed by atoms with Crippen LogP contribution in [0.15, 0.2) is 65.3 Å². The molecule has 25 heavy (non-hydrogen) atoms. The first-order valence-electron chi connectivity index (χ1n) is 7.56. The molecule has 0 saturated heterocycles. The van der Waals surface area contributed by atoms with Crippen molar-refractivity contribution >= 4 is 0 Å². The van der Waals surface area contributed by atoms with Crippen molar-refractivity contribution < 1.29 is 13.3 Å². The van der Waals surface area contributed by atoms with Crippen LogP contribution in [0.2, 0.25) is 0 Å². The summed E-state index contributed by atoms with van der Waals surface area (Å²) in [7, 11) is 0. The molecule has 0 spiro atoms. The SMILES string of the molecule is Fc1ccc(Cc2noc(-c3ccn(-c4cccc(F)c4)n3)n2)cc1. The second-order valence-corrected chi connectivity index (χ2v) is 5.44. The molecule has 2 aromatic carbocycles. The summed E-state index contributed by atoms with van der Waals surface area (Å²) >= 11 is 0. The van der Waals surface area contributed by atoms with Gasteiger partial charge in [0, 0.05) is 12.6 Å². The highest BCUT2D eigenvalue weighted by Gasteiger charge is 2.13. The van der Waals surface area contributed by atoms with Gasteiger partial charge in [0.1, 0.15) is 11.6 Å². The summed E-state index contributed by atoms with van der Waals surface area (Å²) in [5, 5.41) is 8.25. The minimum Gasteiger partial charge on any atom is -0.332 e. The summed E-state index contributed by atoms with van der Waals surface area (Å²) in [5.74, 6) is 0.114. The molecule has 0 aliphatic rings. The maximum absolute atomic E-state index is 13.3. The average molecular weight is 338 g/mol. The minimum absolute atomic E-state index is 0.271. The summed E-state index contributed by atoms with van der Waals surface area (Å²) < 4.78 is 33.0. The molecule has 0 N–H and O–H groups in total. The molecule has 2 aromatic heterocycles. The Labute approximate surface area is 141 Å². The van der Waals surface area contributed by atoms with E-state index in [0.29, 0.717) is 23.6 Å². The Hall–Kier alpha value is -3.35. The van der Waals surface area contributed by atoms with Crippen LogP contribution in [-0.2, 0) is 6.42 Å². The van der Waals surface area contributed by atoms with E-state index in [2.05, 4.69) is 15.2 Å². The second kappa shape index (κ2) is 6.27. The van der Waals surface area contributed by atoms with Crippen molar-refractivity contribution in [2.24, 2.45) is 0 Å². The predicted octanol–water partition coefficient (Wildman–Crippen LogP) is 3.79. The van der Waals surface area contributed by atoms with Gasteiger partial charge in [0.05, 0.1) is 5.69 Å². The Morgan fingerprint density at radius 1 is 0.960 bits per heavy atom. The van der Waals surface area contributed by atoms with Gasteiger partial charge in [-0.05, 0) is 42.0 Å². The monoisotopic (exact) mass is 338 g/mol. The summed E-state index contributed by atoms with van der Waals surface area (Å²) in [6.45, 7) is 0. The average Bonchev–Trinajstić information content (AvgIpc) is 3.26. The number of aromatic nitrogens is 4. The van der Waals surface area contributed by atoms with Crippen molar-refractivity contribution in [2.45, 2.75) is 6.42 Å². The van der Waals surface area contributed by atoms with Crippen LogP contribution >= 0.6 is 0 Å². The molecule has 4 aromatic rings. The zero-order valence-electron chi connectivity index (χ0n) is 12.9. The molecule has 0 saturated carbocycles. The van der Waals surface area contributed by atoms with Crippen molar-refractivity contribution in [1.82, 2.24) is 19.9 Å². The molecule has 4 rings (SSSR count). The van der Waals surface area contributed by atoms with E-state index in [1.165, 1.54) is 28.9 Å². The molecule has 0 bridgehead atoms. The number of nitrogens with zero attached hydrogens (tertiary/aromatic N) is 4. The van der Waals surface area contributed by atoms with E-state index in [1.807, 2.05) is 0 Å². The highest BCUT2D eigenvalue weighted by Crippen LogP contribution is 2.18. The number of benzene rings is 2. The van der Waals surface area contributed by atoms with Crippen LogP contribution in [-0.4, -0.2) is 19.9 Å². The first kappa shape index (κ1) is 15.2. The molecule has 0 atom stereocenters.